The maximum absolute atomic E-state index is 11.4. The number of aliphatic hydroxyl groups is 1. The van der Waals surface area contributed by atoms with E-state index < -0.39 is 6.10 Å². The number of rotatable bonds is 3. The van der Waals surface area contributed by atoms with E-state index in [1.807, 2.05) is 41.5 Å². The topological polar surface area (TPSA) is 46.5 Å². The highest BCUT2D eigenvalue weighted by Crippen LogP contribution is 2.26. The molecule has 1 rings (SSSR count). The SMILES string of the molecule is C=C/C=C(/C(C)=O)C1=C(C)OCCC1O.CC.CC.CC. The number of Topliss-reactive ketones (excluding diaryl/α,β-unsaturated/α-hetero) is 1. The van der Waals surface area contributed by atoms with Crippen LogP contribution >= 0.6 is 0 Å². The highest BCUT2D eigenvalue weighted by molar-refractivity contribution is 5.98. The van der Waals surface area contributed by atoms with Gasteiger partial charge in [0.2, 0.25) is 0 Å². The lowest BCUT2D eigenvalue weighted by Crippen LogP contribution is -2.24. The van der Waals surface area contributed by atoms with Crippen LogP contribution in [0.25, 0.3) is 0 Å². The van der Waals surface area contributed by atoms with Crippen LogP contribution in [0, 0.1) is 0 Å². The molecule has 1 heterocycles. The molecule has 0 aromatic heterocycles. The molecule has 0 aromatic carbocycles. The lowest BCUT2D eigenvalue weighted by Gasteiger charge is -2.24. The van der Waals surface area contributed by atoms with Crippen LogP contribution in [0.15, 0.2) is 35.6 Å². The summed E-state index contributed by atoms with van der Waals surface area (Å²) < 4.78 is 5.33. The third kappa shape index (κ3) is 9.24. The highest BCUT2D eigenvalue weighted by atomic mass is 16.5. The van der Waals surface area contributed by atoms with Gasteiger partial charge in [-0.15, -0.1) is 0 Å². The molecule has 1 atom stereocenters. The molecule has 1 unspecified atom stereocenters. The monoisotopic (exact) mass is 298 g/mol. The van der Waals surface area contributed by atoms with Gasteiger partial charge in [-0.3, -0.25) is 4.79 Å². The van der Waals surface area contributed by atoms with Crippen LogP contribution in [0.1, 0.15) is 61.8 Å². The Morgan fingerprint density at radius 2 is 1.71 bits per heavy atom. The normalized spacial score (nSPS) is 16.8. The predicted molar refractivity (Wildman–Crippen MR) is 92.3 cm³/mol. The molecule has 1 N–H and O–H groups in total. The van der Waals surface area contributed by atoms with E-state index in [0.29, 0.717) is 29.9 Å². The third-order valence-corrected chi connectivity index (χ3v) is 2.38. The molecular weight excluding hydrogens is 264 g/mol. The summed E-state index contributed by atoms with van der Waals surface area (Å²) in [6, 6.07) is 0. The molecular formula is C18H34O3. The number of aliphatic hydroxyl groups excluding tert-OH is 1. The highest BCUT2D eigenvalue weighted by Gasteiger charge is 2.25. The van der Waals surface area contributed by atoms with E-state index >= 15 is 0 Å². The van der Waals surface area contributed by atoms with E-state index in [0.717, 1.165) is 0 Å². The summed E-state index contributed by atoms with van der Waals surface area (Å²) in [5.41, 5.74) is 1.07. The second-order valence-corrected chi connectivity index (χ2v) is 3.50. The lowest BCUT2D eigenvalue weighted by atomic mass is 9.93. The van der Waals surface area contributed by atoms with E-state index in [4.69, 9.17) is 4.74 Å². The van der Waals surface area contributed by atoms with Gasteiger partial charge in [0, 0.05) is 17.6 Å². The van der Waals surface area contributed by atoms with Crippen molar-refractivity contribution in [3.05, 3.63) is 35.6 Å². The number of carbonyl (C=O) groups is 1. The van der Waals surface area contributed by atoms with Gasteiger partial charge in [0.05, 0.1) is 18.5 Å². The second-order valence-electron chi connectivity index (χ2n) is 3.50. The number of allylic oxidation sites excluding steroid dienone is 3. The molecule has 0 bridgehead atoms. The van der Waals surface area contributed by atoms with Gasteiger partial charge in [-0.2, -0.15) is 0 Å². The van der Waals surface area contributed by atoms with E-state index in [1.165, 1.54) is 6.92 Å². The van der Waals surface area contributed by atoms with Crippen molar-refractivity contribution in [2.24, 2.45) is 0 Å². The standard InChI is InChI=1S/C12H16O3.3C2H6/c1-4-5-10(8(2)13)12-9(3)15-7-6-11(12)14;3*1-2/h4-5,11,14H,1,6-7H2,2-3H3;3*1-2H3/b10-5-;;;. The van der Waals surface area contributed by atoms with Crippen molar-refractivity contribution < 1.29 is 14.6 Å². The molecule has 0 saturated carbocycles. The molecule has 0 aliphatic carbocycles. The first-order valence-electron chi connectivity index (χ1n) is 7.93. The Labute approximate surface area is 131 Å². The molecule has 0 fully saturated rings. The minimum Gasteiger partial charge on any atom is -0.498 e. The van der Waals surface area contributed by atoms with Gasteiger partial charge < -0.3 is 9.84 Å². The first-order valence-corrected chi connectivity index (χ1v) is 7.93. The van der Waals surface area contributed by atoms with Crippen LogP contribution < -0.4 is 0 Å². The molecule has 21 heavy (non-hydrogen) atoms. The Hall–Kier alpha value is -1.35. The predicted octanol–water partition coefficient (Wildman–Crippen LogP) is 4.82. The molecule has 0 aromatic rings. The van der Waals surface area contributed by atoms with Crippen LogP contribution in [0.2, 0.25) is 0 Å². The van der Waals surface area contributed by atoms with Gasteiger partial charge in [0.1, 0.15) is 0 Å². The molecule has 3 heteroatoms. The summed E-state index contributed by atoms with van der Waals surface area (Å²) in [5, 5.41) is 9.82. The molecule has 1 aliphatic heterocycles. The fraction of sp³-hybridized carbons (Fsp3) is 0.611. The quantitative estimate of drug-likeness (QED) is 0.600. The summed E-state index contributed by atoms with van der Waals surface area (Å²) in [7, 11) is 0. The van der Waals surface area contributed by atoms with Crippen molar-refractivity contribution in [3.8, 4) is 0 Å². The van der Waals surface area contributed by atoms with Crippen LogP contribution in [0.5, 0.6) is 0 Å². The maximum atomic E-state index is 11.4. The maximum Gasteiger partial charge on any atom is 0.160 e. The molecule has 0 radical (unpaired) electrons. The number of carbonyl (C=O) groups excluding carboxylic acids is 1. The number of hydrogen-bond acceptors (Lipinski definition) is 3. The summed E-state index contributed by atoms with van der Waals surface area (Å²) in [6.45, 7) is 19.3. The fourth-order valence-corrected chi connectivity index (χ4v) is 1.66. The zero-order valence-corrected chi connectivity index (χ0v) is 15.1. The van der Waals surface area contributed by atoms with Crippen LogP contribution in [0.3, 0.4) is 0 Å². The minimum absolute atomic E-state index is 0.0891. The summed E-state index contributed by atoms with van der Waals surface area (Å²) in [5.74, 6) is 0.533. The summed E-state index contributed by atoms with van der Waals surface area (Å²) >= 11 is 0. The van der Waals surface area contributed by atoms with Gasteiger partial charge in [0.15, 0.2) is 5.78 Å². The molecule has 0 saturated heterocycles. The average molecular weight is 298 g/mol. The van der Waals surface area contributed by atoms with E-state index in [1.54, 1.807) is 19.1 Å². The van der Waals surface area contributed by atoms with Crippen molar-refractivity contribution in [1.29, 1.82) is 0 Å². The Kier molecular flexibility index (Phi) is 19.6. The molecule has 1 aliphatic rings. The van der Waals surface area contributed by atoms with E-state index in [-0.39, 0.29) is 5.78 Å². The largest absolute Gasteiger partial charge is 0.498 e. The number of ether oxygens (including phenoxy) is 1. The second kappa shape index (κ2) is 16.7. The number of hydrogen-bond donors (Lipinski definition) is 1. The zero-order chi connectivity index (χ0) is 17.4. The first kappa shape index (κ1) is 24.7. The van der Waals surface area contributed by atoms with Crippen LogP contribution in [-0.2, 0) is 9.53 Å². The van der Waals surface area contributed by atoms with E-state index in [9.17, 15) is 9.90 Å². The van der Waals surface area contributed by atoms with Crippen LogP contribution in [0.4, 0.5) is 0 Å². The Morgan fingerprint density at radius 1 is 1.24 bits per heavy atom. The Balaban J connectivity index is -0.000000478. The molecule has 0 spiro atoms. The van der Waals surface area contributed by atoms with Crippen LogP contribution in [-0.4, -0.2) is 23.6 Å². The van der Waals surface area contributed by atoms with Crippen molar-refractivity contribution in [2.75, 3.05) is 6.61 Å². The third-order valence-electron chi connectivity index (χ3n) is 2.38. The van der Waals surface area contributed by atoms with Crippen molar-refractivity contribution in [3.63, 3.8) is 0 Å². The number of ketones is 1. The van der Waals surface area contributed by atoms with Gasteiger partial charge >= 0.3 is 0 Å². The van der Waals surface area contributed by atoms with Gasteiger partial charge in [-0.05, 0) is 13.8 Å². The van der Waals surface area contributed by atoms with Crippen molar-refractivity contribution in [2.45, 2.75) is 67.9 Å². The van der Waals surface area contributed by atoms with Crippen molar-refractivity contribution in [1.82, 2.24) is 0 Å². The van der Waals surface area contributed by atoms with Gasteiger partial charge in [-0.25, -0.2) is 0 Å². The zero-order valence-electron chi connectivity index (χ0n) is 15.1. The Morgan fingerprint density at radius 3 is 2.05 bits per heavy atom. The van der Waals surface area contributed by atoms with E-state index in [2.05, 4.69) is 6.58 Å². The molecule has 3 nitrogen and oxygen atoms in total. The minimum atomic E-state index is -0.617. The lowest BCUT2D eigenvalue weighted by molar-refractivity contribution is -0.113. The molecule has 124 valence electrons. The smallest absolute Gasteiger partial charge is 0.160 e. The summed E-state index contributed by atoms with van der Waals surface area (Å²) in [6.07, 6.45) is 3.06. The molecule has 0 amide bonds. The summed E-state index contributed by atoms with van der Waals surface area (Å²) in [4.78, 5) is 11.4. The van der Waals surface area contributed by atoms with Gasteiger partial charge in [-0.1, -0.05) is 60.3 Å². The van der Waals surface area contributed by atoms with Gasteiger partial charge in [0.25, 0.3) is 0 Å². The average Bonchev–Trinajstić information content (AvgIpc) is 2.52. The van der Waals surface area contributed by atoms with Crippen molar-refractivity contribution >= 4 is 5.78 Å². The first-order chi connectivity index (χ1) is 10.1. The fourth-order valence-electron chi connectivity index (χ4n) is 1.66. The Bertz CT molecular complexity index is 338.